The number of aromatic nitrogens is 2. The Morgan fingerprint density at radius 2 is 2.00 bits per heavy atom. The van der Waals surface area contributed by atoms with Crippen molar-refractivity contribution in [3.8, 4) is 0 Å². The van der Waals surface area contributed by atoms with Gasteiger partial charge >= 0.3 is 0 Å². The molecule has 0 fully saturated rings. The fraction of sp³-hybridized carbons (Fsp3) is 0.143. The van der Waals surface area contributed by atoms with Gasteiger partial charge in [-0.3, -0.25) is 9.59 Å². The average Bonchev–Trinajstić information content (AvgIpc) is 2.47. The minimum absolute atomic E-state index is 0.0700. The van der Waals surface area contributed by atoms with E-state index in [4.69, 9.17) is 5.73 Å². The lowest BCUT2D eigenvalue weighted by atomic mass is 10.2. The molecule has 1 aromatic carbocycles. The minimum Gasteiger partial charge on any atom is -0.369 e. The number of rotatable bonds is 5. The van der Waals surface area contributed by atoms with Crippen molar-refractivity contribution >= 4 is 29.3 Å². The van der Waals surface area contributed by atoms with Crippen molar-refractivity contribution in [2.45, 2.75) is 12.1 Å². The van der Waals surface area contributed by atoms with E-state index in [9.17, 15) is 14.0 Å². The Morgan fingerprint density at radius 1 is 1.32 bits per heavy atom. The molecule has 2 aromatic rings. The van der Waals surface area contributed by atoms with Gasteiger partial charge < -0.3 is 11.1 Å². The smallest absolute Gasteiger partial charge is 0.259 e. The molecule has 0 saturated carbocycles. The number of carbonyl (C=O) groups is 2. The summed E-state index contributed by atoms with van der Waals surface area (Å²) in [6.45, 7) is 1.66. The van der Waals surface area contributed by atoms with Gasteiger partial charge in [0.05, 0.1) is 17.0 Å². The van der Waals surface area contributed by atoms with Gasteiger partial charge in [-0.05, 0) is 31.2 Å². The van der Waals surface area contributed by atoms with Crippen LogP contribution in [-0.4, -0.2) is 27.5 Å². The van der Waals surface area contributed by atoms with Crippen LogP contribution in [0.15, 0.2) is 35.6 Å². The highest BCUT2D eigenvalue weighted by molar-refractivity contribution is 7.99. The third-order valence-electron chi connectivity index (χ3n) is 2.65. The van der Waals surface area contributed by atoms with Crippen LogP contribution in [0.3, 0.4) is 0 Å². The van der Waals surface area contributed by atoms with Gasteiger partial charge in [0.2, 0.25) is 5.91 Å². The molecule has 0 aliphatic rings. The number of amides is 2. The molecule has 2 rings (SSSR count). The molecule has 1 heterocycles. The molecule has 0 radical (unpaired) electrons. The summed E-state index contributed by atoms with van der Waals surface area (Å²) in [7, 11) is 0. The highest BCUT2D eigenvalue weighted by Gasteiger charge is 2.12. The van der Waals surface area contributed by atoms with Crippen molar-refractivity contribution in [1.29, 1.82) is 0 Å². The second kappa shape index (κ2) is 6.99. The molecule has 0 aliphatic carbocycles. The lowest BCUT2D eigenvalue weighted by Gasteiger charge is -2.08. The summed E-state index contributed by atoms with van der Waals surface area (Å²) in [6, 6.07) is 5.42. The van der Waals surface area contributed by atoms with E-state index in [1.54, 1.807) is 6.92 Å². The van der Waals surface area contributed by atoms with Gasteiger partial charge in [-0.1, -0.05) is 11.8 Å². The predicted molar refractivity (Wildman–Crippen MR) is 81.0 cm³/mol. The first kappa shape index (κ1) is 15.9. The summed E-state index contributed by atoms with van der Waals surface area (Å²) < 4.78 is 12.8. The lowest BCUT2D eigenvalue weighted by molar-refractivity contribution is -0.115. The van der Waals surface area contributed by atoms with Crippen molar-refractivity contribution < 1.29 is 14.0 Å². The van der Waals surface area contributed by atoms with Crippen LogP contribution in [0.25, 0.3) is 0 Å². The maximum Gasteiger partial charge on any atom is 0.259 e. The normalized spacial score (nSPS) is 10.3. The van der Waals surface area contributed by atoms with Gasteiger partial charge in [0.15, 0.2) is 5.16 Å². The minimum atomic E-state index is -0.468. The number of hydrogen-bond donors (Lipinski definition) is 2. The third-order valence-corrected chi connectivity index (χ3v) is 3.53. The van der Waals surface area contributed by atoms with E-state index >= 15 is 0 Å². The van der Waals surface area contributed by atoms with E-state index in [1.165, 1.54) is 30.5 Å². The van der Waals surface area contributed by atoms with Crippen LogP contribution in [0.4, 0.5) is 10.1 Å². The predicted octanol–water partition coefficient (Wildman–Crippen LogP) is 1.75. The molecular weight excluding hydrogens is 307 g/mol. The van der Waals surface area contributed by atoms with Crippen molar-refractivity contribution in [1.82, 2.24) is 9.97 Å². The van der Waals surface area contributed by atoms with E-state index in [0.717, 1.165) is 11.8 Å². The standard InChI is InChI=1S/C14H13FN4O2S/c1-8-11(6-17-14(18-8)22-7-12(16)20)13(21)19-10-4-2-9(15)3-5-10/h2-6H,7H2,1H3,(H2,16,20)(H,19,21). The summed E-state index contributed by atoms with van der Waals surface area (Å²) >= 11 is 1.10. The lowest BCUT2D eigenvalue weighted by Crippen LogP contribution is -2.16. The zero-order valence-corrected chi connectivity index (χ0v) is 12.5. The molecule has 2 amide bonds. The van der Waals surface area contributed by atoms with Gasteiger partial charge in [0.25, 0.3) is 5.91 Å². The summed E-state index contributed by atoms with van der Waals surface area (Å²) in [5.41, 5.74) is 6.29. The van der Waals surface area contributed by atoms with Crippen molar-refractivity contribution in [2.75, 3.05) is 11.1 Å². The monoisotopic (exact) mass is 320 g/mol. The van der Waals surface area contributed by atoms with E-state index in [-0.39, 0.29) is 11.6 Å². The highest BCUT2D eigenvalue weighted by Crippen LogP contribution is 2.16. The highest BCUT2D eigenvalue weighted by atomic mass is 32.2. The number of hydrogen-bond acceptors (Lipinski definition) is 5. The van der Waals surface area contributed by atoms with E-state index in [0.29, 0.717) is 22.1 Å². The molecule has 0 saturated heterocycles. The SMILES string of the molecule is Cc1nc(SCC(N)=O)ncc1C(=O)Nc1ccc(F)cc1. The molecule has 1 aromatic heterocycles. The molecule has 6 nitrogen and oxygen atoms in total. The molecule has 0 spiro atoms. The van der Waals surface area contributed by atoms with Gasteiger partial charge in [0.1, 0.15) is 5.82 Å². The second-order valence-corrected chi connectivity index (χ2v) is 5.31. The molecule has 0 atom stereocenters. The molecule has 0 aliphatic heterocycles. The van der Waals surface area contributed by atoms with Crippen LogP contribution < -0.4 is 11.1 Å². The number of nitrogens with two attached hydrogens (primary N) is 1. The number of nitrogens with zero attached hydrogens (tertiary/aromatic N) is 2. The number of benzene rings is 1. The largest absolute Gasteiger partial charge is 0.369 e. The van der Waals surface area contributed by atoms with Crippen LogP contribution in [-0.2, 0) is 4.79 Å². The van der Waals surface area contributed by atoms with E-state index in [2.05, 4.69) is 15.3 Å². The van der Waals surface area contributed by atoms with E-state index in [1.807, 2.05) is 0 Å². The van der Waals surface area contributed by atoms with Gasteiger partial charge in [-0.25, -0.2) is 14.4 Å². The van der Waals surface area contributed by atoms with Crippen molar-refractivity contribution in [3.05, 3.63) is 47.5 Å². The number of anilines is 1. The summed E-state index contributed by atoms with van der Waals surface area (Å²) in [4.78, 5) is 31.0. The number of primary amides is 1. The Bertz CT molecular complexity index is 706. The third kappa shape index (κ3) is 4.26. The second-order valence-electron chi connectivity index (χ2n) is 4.37. The van der Waals surface area contributed by atoms with Gasteiger partial charge in [-0.15, -0.1) is 0 Å². The first-order valence-corrected chi connectivity index (χ1v) is 7.26. The maximum absolute atomic E-state index is 12.8. The number of halogens is 1. The summed E-state index contributed by atoms with van der Waals surface area (Å²) in [6.07, 6.45) is 1.38. The molecule has 8 heteroatoms. The molecule has 114 valence electrons. The van der Waals surface area contributed by atoms with Crippen LogP contribution in [0.1, 0.15) is 16.1 Å². The quantitative estimate of drug-likeness (QED) is 0.646. The first-order valence-electron chi connectivity index (χ1n) is 6.27. The molecular formula is C14H13FN4O2S. The van der Waals surface area contributed by atoms with Gasteiger partial charge in [-0.2, -0.15) is 0 Å². The fourth-order valence-electron chi connectivity index (χ4n) is 1.61. The molecule has 22 heavy (non-hydrogen) atoms. The number of carbonyl (C=O) groups excluding carboxylic acids is 2. The molecule has 0 unspecified atom stereocenters. The van der Waals surface area contributed by atoms with Crippen LogP contribution >= 0.6 is 11.8 Å². The fourth-order valence-corrected chi connectivity index (χ4v) is 2.21. The van der Waals surface area contributed by atoms with Crippen LogP contribution in [0, 0.1) is 12.7 Å². The summed E-state index contributed by atoms with van der Waals surface area (Å²) in [5, 5.41) is 3.00. The van der Waals surface area contributed by atoms with E-state index < -0.39 is 11.8 Å². The van der Waals surface area contributed by atoms with Gasteiger partial charge in [0, 0.05) is 11.9 Å². The number of nitrogens with one attached hydrogen (secondary N) is 1. The average molecular weight is 320 g/mol. The molecule has 3 N–H and O–H groups in total. The first-order chi connectivity index (χ1) is 10.5. The zero-order valence-electron chi connectivity index (χ0n) is 11.7. The topological polar surface area (TPSA) is 98.0 Å². The molecule has 0 bridgehead atoms. The van der Waals surface area contributed by atoms with Crippen molar-refractivity contribution in [3.63, 3.8) is 0 Å². The Kier molecular flexibility index (Phi) is 5.05. The van der Waals surface area contributed by atoms with Crippen molar-refractivity contribution in [2.24, 2.45) is 5.73 Å². The van der Waals surface area contributed by atoms with Crippen LogP contribution in [0.5, 0.6) is 0 Å². The van der Waals surface area contributed by atoms with Crippen LogP contribution in [0.2, 0.25) is 0 Å². The number of aryl methyl sites for hydroxylation is 1. The Balaban J connectivity index is 2.09. The maximum atomic E-state index is 12.8. The Morgan fingerprint density at radius 3 is 2.59 bits per heavy atom. The Labute approximate surface area is 130 Å². The summed E-state index contributed by atoms with van der Waals surface area (Å²) in [5.74, 6) is -1.17. The Hall–Kier alpha value is -2.48. The number of thioether (sulfide) groups is 1. The zero-order chi connectivity index (χ0) is 16.1.